The smallest absolute Gasteiger partial charge is 0.256 e. The van der Waals surface area contributed by atoms with Crippen molar-refractivity contribution in [2.45, 2.75) is 50.9 Å². The molecule has 0 radical (unpaired) electrons. The van der Waals surface area contributed by atoms with Crippen molar-refractivity contribution in [1.82, 2.24) is 15.1 Å². The van der Waals surface area contributed by atoms with Gasteiger partial charge in [0.25, 0.3) is 11.8 Å². The molecule has 4 rings (SSSR count). The van der Waals surface area contributed by atoms with Gasteiger partial charge in [-0.2, -0.15) is 0 Å². The van der Waals surface area contributed by atoms with Crippen LogP contribution in [0.25, 0.3) is 0 Å². The third-order valence-electron chi connectivity index (χ3n) is 7.27. The third-order valence-corrected chi connectivity index (χ3v) is 7.27. The summed E-state index contributed by atoms with van der Waals surface area (Å²) in [5.41, 5.74) is 0.0280. The van der Waals surface area contributed by atoms with E-state index in [0.717, 1.165) is 6.42 Å². The number of hydrogen-bond acceptors (Lipinski definition) is 6. The zero-order chi connectivity index (χ0) is 26.6. The van der Waals surface area contributed by atoms with Crippen LogP contribution in [-0.4, -0.2) is 79.2 Å². The fourth-order valence-electron chi connectivity index (χ4n) is 4.94. The average Bonchev–Trinajstić information content (AvgIpc) is 3.31. The second-order valence-electron chi connectivity index (χ2n) is 9.49. The van der Waals surface area contributed by atoms with Gasteiger partial charge in [0.2, 0.25) is 5.91 Å². The number of hydrogen-bond donors (Lipinski definition) is 1. The summed E-state index contributed by atoms with van der Waals surface area (Å²) in [5, 5.41) is 3.00. The van der Waals surface area contributed by atoms with Crippen LogP contribution in [0.3, 0.4) is 0 Å². The monoisotopic (exact) mass is 509 g/mol. The summed E-state index contributed by atoms with van der Waals surface area (Å²) in [6.07, 6.45) is 1.58. The predicted molar refractivity (Wildman–Crippen MR) is 138 cm³/mol. The number of benzene rings is 2. The summed E-state index contributed by atoms with van der Waals surface area (Å²) in [7, 11) is 3.07. The van der Waals surface area contributed by atoms with Gasteiger partial charge >= 0.3 is 0 Å². The minimum absolute atomic E-state index is 0.0151. The van der Waals surface area contributed by atoms with Crippen LogP contribution in [0.1, 0.15) is 53.8 Å². The highest BCUT2D eigenvalue weighted by molar-refractivity contribution is 5.98. The van der Waals surface area contributed by atoms with E-state index in [1.807, 2.05) is 19.9 Å². The van der Waals surface area contributed by atoms with Crippen LogP contribution in [0.4, 0.5) is 0 Å². The minimum atomic E-state index is -0.960. The maximum Gasteiger partial charge on any atom is 0.256 e. The van der Waals surface area contributed by atoms with E-state index in [4.69, 9.17) is 14.2 Å². The van der Waals surface area contributed by atoms with Crippen molar-refractivity contribution in [3.63, 3.8) is 0 Å². The maximum absolute atomic E-state index is 13.7. The molecule has 2 aromatic rings. The van der Waals surface area contributed by atoms with Gasteiger partial charge in [-0.25, -0.2) is 0 Å². The lowest BCUT2D eigenvalue weighted by Crippen LogP contribution is -2.60. The molecular formula is C28H35N3O6. The van der Waals surface area contributed by atoms with Crippen LogP contribution in [-0.2, 0) is 9.53 Å². The lowest BCUT2D eigenvalue weighted by Gasteiger charge is -2.44. The second kappa shape index (κ2) is 11.2. The normalized spacial score (nSPS) is 19.4. The van der Waals surface area contributed by atoms with E-state index in [9.17, 15) is 14.4 Å². The number of carbonyl (C=O) groups is 3. The van der Waals surface area contributed by atoms with Gasteiger partial charge in [-0.3, -0.25) is 19.3 Å². The van der Waals surface area contributed by atoms with Crippen molar-refractivity contribution in [2.75, 3.05) is 33.9 Å². The average molecular weight is 510 g/mol. The zero-order valence-electron chi connectivity index (χ0n) is 21.9. The summed E-state index contributed by atoms with van der Waals surface area (Å²) < 4.78 is 16.9. The van der Waals surface area contributed by atoms with E-state index in [1.54, 1.807) is 59.4 Å². The summed E-state index contributed by atoms with van der Waals surface area (Å²) in [5.74, 6) is 0.422. The number of carbonyl (C=O) groups excluding carboxylic acids is 3. The number of likely N-dealkylation sites (tertiary alicyclic amines) is 1. The number of amides is 3. The molecular weight excluding hydrogens is 474 g/mol. The Kier molecular flexibility index (Phi) is 8.02. The molecule has 2 aliphatic rings. The van der Waals surface area contributed by atoms with E-state index >= 15 is 0 Å². The first-order valence-electron chi connectivity index (χ1n) is 12.7. The molecule has 0 unspecified atom stereocenters. The van der Waals surface area contributed by atoms with Crippen LogP contribution < -0.4 is 14.8 Å². The van der Waals surface area contributed by atoms with Crippen LogP contribution in [0.2, 0.25) is 0 Å². The highest BCUT2D eigenvalue weighted by Gasteiger charge is 2.54. The maximum atomic E-state index is 13.7. The lowest BCUT2D eigenvalue weighted by atomic mass is 9.96. The topological polar surface area (TPSA) is 97.4 Å². The van der Waals surface area contributed by atoms with Gasteiger partial charge in [0, 0.05) is 43.1 Å². The van der Waals surface area contributed by atoms with E-state index in [2.05, 4.69) is 5.32 Å². The number of nitrogens with one attached hydrogen (secondary N) is 1. The Morgan fingerprint density at radius 1 is 1.00 bits per heavy atom. The Balaban J connectivity index is 1.55. The molecule has 2 atom stereocenters. The molecule has 0 aliphatic carbocycles. The van der Waals surface area contributed by atoms with E-state index in [0.29, 0.717) is 48.6 Å². The molecule has 3 amide bonds. The molecule has 0 saturated carbocycles. The molecule has 9 heteroatoms. The minimum Gasteiger partial charge on any atom is -0.493 e. The van der Waals surface area contributed by atoms with Crippen molar-refractivity contribution in [2.24, 2.45) is 0 Å². The summed E-state index contributed by atoms with van der Waals surface area (Å²) in [4.78, 5) is 43.5. The van der Waals surface area contributed by atoms with Gasteiger partial charge in [-0.1, -0.05) is 25.1 Å². The number of nitrogens with zero attached hydrogens (tertiary/aromatic N) is 2. The van der Waals surface area contributed by atoms with Crippen molar-refractivity contribution in [3.8, 4) is 11.5 Å². The first-order valence-corrected chi connectivity index (χ1v) is 12.7. The summed E-state index contributed by atoms with van der Waals surface area (Å²) in [6.45, 7) is 4.81. The zero-order valence-corrected chi connectivity index (χ0v) is 21.9. The van der Waals surface area contributed by atoms with Gasteiger partial charge < -0.3 is 24.4 Å². The van der Waals surface area contributed by atoms with Crippen LogP contribution >= 0.6 is 0 Å². The van der Waals surface area contributed by atoms with Crippen LogP contribution in [0, 0.1) is 0 Å². The van der Waals surface area contributed by atoms with E-state index in [-0.39, 0.29) is 30.4 Å². The first kappa shape index (κ1) is 26.5. The largest absolute Gasteiger partial charge is 0.493 e. The van der Waals surface area contributed by atoms with Gasteiger partial charge in [0.05, 0.1) is 20.8 Å². The number of methoxy groups -OCH3 is 2. The van der Waals surface area contributed by atoms with Gasteiger partial charge in [0.15, 0.2) is 11.5 Å². The lowest BCUT2D eigenvalue weighted by molar-refractivity contribution is -0.128. The molecule has 198 valence electrons. The molecule has 1 spiro atoms. The first-order chi connectivity index (χ1) is 17.8. The molecule has 2 heterocycles. The predicted octanol–water partition coefficient (Wildman–Crippen LogP) is 3.09. The molecule has 0 bridgehead atoms. The number of ether oxygens (including phenoxy) is 3. The summed E-state index contributed by atoms with van der Waals surface area (Å²) in [6, 6.07) is 13.3. The van der Waals surface area contributed by atoms with E-state index in [1.165, 1.54) is 7.11 Å². The fraction of sp³-hybridized carbons (Fsp3) is 0.464. The van der Waals surface area contributed by atoms with Gasteiger partial charge in [-0.05, 0) is 43.7 Å². The molecule has 1 N–H and O–H groups in total. The Labute approximate surface area is 217 Å². The highest BCUT2D eigenvalue weighted by atomic mass is 16.5. The van der Waals surface area contributed by atoms with Crippen molar-refractivity contribution in [3.05, 3.63) is 59.7 Å². The quantitative estimate of drug-likeness (QED) is 0.616. The Hall–Kier alpha value is -3.59. The van der Waals surface area contributed by atoms with E-state index < -0.39 is 11.8 Å². The Morgan fingerprint density at radius 2 is 1.68 bits per heavy atom. The van der Waals surface area contributed by atoms with Crippen LogP contribution in [0.5, 0.6) is 11.5 Å². The highest BCUT2D eigenvalue weighted by Crippen LogP contribution is 2.39. The van der Waals surface area contributed by atoms with Crippen molar-refractivity contribution < 1.29 is 28.6 Å². The molecule has 2 aromatic carbocycles. The summed E-state index contributed by atoms with van der Waals surface area (Å²) >= 11 is 0. The molecule has 2 fully saturated rings. The molecule has 0 aromatic heterocycles. The molecule has 9 nitrogen and oxygen atoms in total. The number of rotatable bonds is 7. The van der Waals surface area contributed by atoms with Crippen LogP contribution in [0.15, 0.2) is 48.5 Å². The van der Waals surface area contributed by atoms with Gasteiger partial charge in [0.1, 0.15) is 11.8 Å². The Bertz CT molecular complexity index is 1130. The molecule has 2 aliphatic heterocycles. The van der Waals surface area contributed by atoms with Crippen molar-refractivity contribution in [1.29, 1.82) is 0 Å². The van der Waals surface area contributed by atoms with Crippen molar-refractivity contribution >= 4 is 17.7 Å². The standard InChI is InChI=1S/C28H35N3O6/c1-5-19(2)29-25(32)22-18-37-28(31(22)27(34)20-9-7-6-8-10-20)13-15-30(16-14-28)26(33)21-11-12-23(35-3)24(17-21)36-4/h6-12,17,19,22H,5,13-16,18H2,1-4H3,(H,29,32)/t19-,22-/m0/s1. The van der Waals surface area contributed by atoms with Gasteiger partial charge in [-0.15, -0.1) is 0 Å². The number of piperidine rings is 1. The molecule has 37 heavy (non-hydrogen) atoms. The fourth-order valence-corrected chi connectivity index (χ4v) is 4.94. The third kappa shape index (κ3) is 5.27. The second-order valence-corrected chi connectivity index (χ2v) is 9.49. The molecule has 2 saturated heterocycles. The Morgan fingerprint density at radius 3 is 2.30 bits per heavy atom. The SMILES string of the molecule is CC[C@H](C)NC(=O)[C@@H]1COC2(CCN(C(=O)c3ccc(OC)c(OC)c3)CC2)N1C(=O)c1ccccc1.